The Kier molecular flexibility index (Phi) is 8.54. The summed E-state index contributed by atoms with van der Waals surface area (Å²) in [6, 6.07) is 29.2. The number of primary amides is 1. The van der Waals surface area contributed by atoms with Crippen LogP contribution in [0.25, 0.3) is 44.8 Å². The van der Waals surface area contributed by atoms with Crippen molar-refractivity contribution in [3.05, 3.63) is 132 Å². The van der Waals surface area contributed by atoms with Crippen LogP contribution in [0.2, 0.25) is 0 Å². The number of nitrogens with two attached hydrogens (primary N) is 1. The predicted octanol–water partition coefficient (Wildman–Crippen LogP) is 7.40. The molecule has 7 aromatic rings. The van der Waals surface area contributed by atoms with Gasteiger partial charge in [-0.2, -0.15) is 4.98 Å². The fourth-order valence-electron chi connectivity index (χ4n) is 6.04. The van der Waals surface area contributed by atoms with Gasteiger partial charge in [-0.05, 0) is 72.6 Å². The molecule has 4 aromatic carbocycles. The maximum atomic E-state index is 13.7. The van der Waals surface area contributed by atoms with Crippen molar-refractivity contribution in [1.29, 1.82) is 0 Å². The maximum Gasteiger partial charge on any atom is 0.252 e. The first-order valence-corrected chi connectivity index (χ1v) is 17.6. The van der Waals surface area contributed by atoms with Crippen molar-refractivity contribution >= 4 is 49.5 Å². The van der Waals surface area contributed by atoms with Crippen molar-refractivity contribution in [3.63, 3.8) is 0 Å². The zero-order valence-electron chi connectivity index (χ0n) is 27.1. The van der Waals surface area contributed by atoms with Crippen LogP contribution in [0.3, 0.4) is 0 Å². The molecule has 252 valence electrons. The van der Waals surface area contributed by atoms with Gasteiger partial charge in [-0.25, -0.2) is 17.8 Å². The minimum atomic E-state index is -3.87. The monoisotopic (exact) mass is 689 g/mol. The Morgan fingerprint density at radius 1 is 0.920 bits per heavy atom. The van der Waals surface area contributed by atoms with E-state index < -0.39 is 21.7 Å². The first kappa shape index (κ1) is 32.5. The molecular formula is C38H32FN5O5S. The van der Waals surface area contributed by atoms with Crippen LogP contribution in [0.5, 0.6) is 0 Å². The summed E-state index contributed by atoms with van der Waals surface area (Å²) in [4.78, 5) is 21.8. The maximum absolute atomic E-state index is 13.7. The second kappa shape index (κ2) is 13.1. The van der Waals surface area contributed by atoms with Gasteiger partial charge in [0.25, 0.3) is 5.91 Å². The van der Waals surface area contributed by atoms with E-state index in [9.17, 15) is 17.6 Å². The highest BCUT2D eigenvalue weighted by Crippen LogP contribution is 2.41. The summed E-state index contributed by atoms with van der Waals surface area (Å²) in [5.41, 5.74) is 11.0. The van der Waals surface area contributed by atoms with Gasteiger partial charge >= 0.3 is 0 Å². The number of hydrogen-bond acceptors (Lipinski definition) is 8. The van der Waals surface area contributed by atoms with E-state index >= 15 is 0 Å². The number of aromatic nitrogens is 2. The van der Waals surface area contributed by atoms with E-state index in [1.165, 1.54) is 16.4 Å². The minimum absolute atomic E-state index is 0.0640. The van der Waals surface area contributed by atoms with Gasteiger partial charge in [-0.15, -0.1) is 0 Å². The van der Waals surface area contributed by atoms with Crippen molar-refractivity contribution < 1.29 is 26.4 Å². The number of anilines is 2. The molecule has 0 fully saturated rings. The van der Waals surface area contributed by atoms with Gasteiger partial charge in [-0.1, -0.05) is 42.5 Å². The van der Waals surface area contributed by atoms with Gasteiger partial charge in [0.2, 0.25) is 15.9 Å². The molecular weight excluding hydrogens is 658 g/mol. The van der Waals surface area contributed by atoms with Crippen LogP contribution < -0.4 is 15.4 Å². The molecule has 1 unspecified atom stereocenters. The second-order valence-corrected chi connectivity index (χ2v) is 14.0. The normalized spacial score (nSPS) is 12.3. The van der Waals surface area contributed by atoms with Gasteiger partial charge in [0.05, 0.1) is 24.1 Å². The number of para-hydroxylation sites is 1. The lowest BCUT2D eigenvalue weighted by Crippen LogP contribution is -2.39. The number of furan rings is 1. The lowest BCUT2D eigenvalue weighted by atomic mass is 9.97. The number of amides is 1. The van der Waals surface area contributed by atoms with E-state index in [0.717, 1.165) is 11.9 Å². The van der Waals surface area contributed by atoms with Crippen molar-refractivity contribution in [2.45, 2.75) is 19.4 Å². The number of hydrogen-bond donors (Lipinski definition) is 2. The summed E-state index contributed by atoms with van der Waals surface area (Å²) in [6.45, 7) is 1.96. The molecule has 0 aliphatic rings. The molecule has 10 nitrogen and oxygen atoms in total. The topological polar surface area (TPSA) is 145 Å². The number of nitrogens with zero attached hydrogens (tertiary/aromatic N) is 3. The number of rotatable bonds is 11. The Morgan fingerprint density at radius 3 is 2.40 bits per heavy atom. The van der Waals surface area contributed by atoms with Crippen molar-refractivity contribution in [1.82, 2.24) is 9.97 Å². The van der Waals surface area contributed by atoms with Crippen LogP contribution in [-0.2, 0) is 16.4 Å². The third kappa shape index (κ3) is 6.65. The van der Waals surface area contributed by atoms with Crippen LogP contribution >= 0.6 is 0 Å². The van der Waals surface area contributed by atoms with E-state index in [-0.39, 0.29) is 35.9 Å². The molecule has 1 atom stereocenters. The van der Waals surface area contributed by atoms with Gasteiger partial charge in [0, 0.05) is 46.9 Å². The Hall–Kier alpha value is -6.01. The van der Waals surface area contributed by atoms with Gasteiger partial charge in [0.15, 0.2) is 11.2 Å². The molecule has 50 heavy (non-hydrogen) atoms. The average Bonchev–Trinajstić information content (AvgIpc) is 3.69. The SMILES string of the molecule is CC(CN(c1cc2oc(Cc3ccc(F)cc3)c(C(N)=O)c2cc1-c1cccc(-c2nc3ncccc3o2)c1)S(C)(=O)=O)Nc1ccccc1. The van der Waals surface area contributed by atoms with Crippen molar-refractivity contribution in [3.8, 4) is 22.6 Å². The number of sulfonamides is 1. The molecule has 3 heterocycles. The first-order valence-electron chi connectivity index (χ1n) is 15.8. The second-order valence-electron chi connectivity index (χ2n) is 12.1. The Labute approximate surface area is 287 Å². The summed E-state index contributed by atoms with van der Waals surface area (Å²) in [6.07, 6.45) is 2.94. The molecule has 0 aliphatic carbocycles. The number of benzene rings is 4. The lowest BCUT2D eigenvalue weighted by molar-refractivity contribution is 0.1000. The number of fused-ring (bicyclic) bond motifs is 2. The number of nitrogens with one attached hydrogen (secondary N) is 1. The highest BCUT2D eigenvalue weighted by atomic mass is 32.2. The summed E-state index contributed by atoms with van der Waals surface area (Å²) < 4.78 is 54.4. The highest BCUT2D eigenvalue weighted by Gasteiger charge is 2.28. The van der Waals surface area contributed by atoms with E-state index in [1.54, 1.807) is 42.6 Å². The van der Waals surface area contributed by atoms with Gasteiger partial charge < -0.3 is 19.9 Å². The molecule has 1 amide bonds. The quantitative estimate of drug-likeness (QED) is 0.143. The summed E-state index contributed by atoms with van der Waals surface area (Å²) >= 11 is 0. The van der Waals surface area contributed by atoms with E-state index in [4.69, 9.17) is 14.6 Å². The largest absolute Gasteiger partial charge is 0.460 e. The molecule has 12 heteroatoms. The number of pyridine rings is 1. The fraction of sp³-hybridized carbons (Fsp3) is 0.132. The third-order valence-corrected chi connectivity index (χ3v) is 9.43. The number of carbonyl (C=O) groups excluding carboxylic acids is 1. The fourth-order valence-corrected chi connectivity index (χ4v) is 7.04. The molecule has 0 aliphatic heterocycles. The lowest BCUT2D eigenvalue weighted by Gasteiger charge is -2.29. The molecule has 0 bridgehead atoms. The molecule has 0 radical (unpaired) electrons. The molecule has 7 rings (SSSR count). The number of carbonyl (C=O) groups is 1. The molecule has 3 N–H and O–H groups in total. The molecule has 3 aromatic heterocycles. The summed E-state index contributed by atoms with van der Waals surface area (Å²) in [5, 5.41) is 3.78. The minimum Gasteiger partial charge on any atom is -0.460 e. The summed E-state index contributed by atoms with van der Waals surface area (Å²) in [7, 11) is -3.87. The standard InChI is InChI=1S/C38H32FN5O5S/c1-23(42-28-10-4-3-5-11-28)22-44(50(2,46)47)31-21-33-30(35(36(40)45)34(48-33)18-24-13-15-27(39)16-14-24)20-29(31)25-8-6-9-26(19-25)38-43-37-32(49-38)12-7-17-41-37/h3-17,19-21,23,42H,18,22H2,1-2H3,(H2,40,45). The van der Waals surface area contributed by atoms with Crippen LogP contribution in [0, 0.1) is 5.82 Å². The molecule has 0 saturated carbocycles. The Morgan fingerprint density at radius 2 is 1.68 bits per heavy atom. The van der Waals surface area contributed by atoms with Crippen LogP contribution in [-0.4, -0.2) is 43.1 Å². The Balaban J connectivity index is 1.40. The average molecular weight is 690 g/mol. The number of halogens is 1. The van der Waals surface area contributed by atoms with Crippen molar-refractivity contribution in [2.75, 3.05) is 22.4 Å². The smallest absolute Gasteiger partial charge is 0.252 e. The first-order chi connectivity index (χ1) is 24.0. The Bertz CT molecular complexity index is 2430. The molecule has 0 spiro atoms. The van der Waals surface area contributed by atoms with Gasteiger partial charge in [-0.3, -0.25) is 9.10 Å². The summed E-state index contributed by atoms with van der Waals surface area (Å²) in [5.74, 6) is -0.490. The highest BCUT2D eigenvalue weighted by molar-refractivity contribution is 7.92. The van der Waals surface area contributed by atoms with E-state index in [0.29, 0.717) is 50.4 Å². The van der Waals surface area contributed by atoms with E-state index in [1.807, 2.05) is 61.5 Å². The molecule has 0 saturated heterocycles. The van der Waals surface area contributed by atoms with Crippen LogP contribution in [0.1, 0.15) is 28.6 Å². The third-order valence-electron chi connectivity index (χ3n) is 8.28. The van der Waals surface area contributed by atoms with Crippen LogP contribution in [0.15, 0.2) is 118 Å². The zero-order valence-corrected chi connectivity index (χ0v) is 27.9. The van der Waals surface area contributed by atoms with E-state index in [2.05, 4.69) is 15.3 Å². The van der Waals surface area contributed by atoms with Gasteiger partial charge in [0.1, 0.15) is 17.2 Å². The number of oxazole rings is 1. The zero-order chi connectivity index (χ0) is 35.0. The van der Waals surface area contributed by atoms with Crippen molar-refractivity contribution in [2.24, 2.45) is 5.73 Å². The predicted molar refractivity (Wildman–Crippen MR) is 192 cm³/mol. The van der Waals surface area contributed by atoms with Crippen LogP contribution in [0.4, 0.5) is 15.8 Å².